The fraction of sp³-hybridized carbons (Fsp3) is 0.385. The minimum absolute atomic E-state index is 0.0554. The summed E-state index contributed by atoms with van der Waals surface area (Å²) in [5.41, 5.74) is 0.155. The fourth-order valence-corrected chi connectivity index (χ4v) is 1.78. The highest BCUT2D eigenvalue weighted by Crippen LogP contribution is 2.29. The molecule has 0 fully saturated rings. The fourth-order valence-electron chi connectivity index (χ4n) is 1.78. The van der Waals surface area contributed by atoms with Crippen LogP contribution in [0.1, 0.15) is 30.0 Å². The maximum Gasteiger partial charge on any atom is 0.416 e. The number of halogens is 3. The molecular weight excluding hydrogens is 271 g/mol. The predicted octanol–water partition coefficient (Wildman–Crippen LogP) is 2.98. The zero-order valence-corrected chi connectivity index (χ0v) is 10.8. The minimum atomic E-state index is -4.30. The molecule has 1 N–H and O–H groups in total. The summed E-state index contributed by atoms with van der Waals surface area (Å²) >= 11 is 0. The first-order valence-corrected chi connectivity index (χ1v) is 6.13. The van der Waals surface area contributed by atoms with E-state index in [0.29, 0.717) is 18.9 Å². The normalized spacial score (nSPS) is 13.4. The third-order valence-electron chi connectivity index (χ3n) is 2.93. The lowest BCUT2D eigenvalue weighted by Gasteiger charge is -2.14. The molecule has 108 valence electrons. The lowest BCUT2D eigenvalue weighted by molar-refractivity contribution is -0.137. The molecule has 1 heterocycles. The quantitative estimate of drug-likeness (QED) is 0.917. The van der Waals surface area contributed by atoms with Crippen molar-refractivity contribution < 1.29 is 17.7 Å². The van der Waals surface area contributed by atoms with Crippen molar-refractivity contribution in [1.29, 1.82) is 0 Å². The molecule has 0 saturated carbocycles. The molecule has 20 heavy (non-hydrogen) atoms. The van der Waals surface area contributed by atoms with Crippen LogP contribution in [-0.2, 0) is 12.6 Å². The van der Waals surface area contributed by atoms with E-state index in [4.69, 9.17) is 4.52 Å². The van der Waals surface area contributed by atoms with E-state index in [-0.39, 0.29) is 6.04 Å². The van der Waals surface area contributed by atoms with Gasteiger partial charge in [-0.25, -0.2) is 0 Å². The van der Waals surface area contributed by atoms with E-state index < -0.39 is 11.7 Å². The lowest BCUT2D eigenvalue weighted by Crippen LogP contribution is -2.21. The van der Waals surface area contributed by atoms with Crippen LogP contribution in [0.25, 0.3) is 0 Å². The molecule has 2 aromatic rings. The smallest absolute Gasteiger partial charge is 0.340 e. The second-order valence-electron chi connectivity index (χ2n) is 4.38. The summed E-state index contributed by atoms with van der Waals surface area (Å²) in [6.07, 6.45) is -2.40. The molecule has 0 aliphatic heterocycles. The lowest BCUT2D eigenvalue weighted by atomic mass is 10.1. The number of hydrogen-bond acceptors (Lipinski definition) is 4. The van der Waals surface area contributed by atoms with Gasteiger partial charge in [-0.3, -0.25) is 0 Å². The van der Waals surface area contributed by atoms with Crippen molar-refractivity contribution in [3.8, 4) is 0 Å². The maximum atomic E-state index is 12.4. The minimum Gasteiger partial charge on any atom is -0.340 e. The van der Waals surface area contributed by atoms with Gasteiger partial charge in [0.15, 0.2) is 6.33 Å². The van der Waals surface area contributed by atoms with Gasteiger partial charge in [-0.2, -0.15) is 18.2 Å². The van der Waals surface area contributed by atoms with E-state index in [1.165, 1.54) is 18.5 Å². The molecule has 0 aliphatic carbocycles. The number of nitrogens with one attached hydrogen (secondary N) is 1. The van der Waals surface area contributed by atoms with Crippen LogP contribution in [-0.4, -0.2) is 16.7 Å². The maximum absolute atomic E-state index is 12.4. The Morgan fingerprint density at radius 1 is 1.25 bits per heavy atom. The standard InChI is InChI=1S/C13H14F3N3O/c1-9(17-7-6-12-18-8-19-20-12)10-2-4-11(5-3-10)13(14,15)16/h2-5,8-9,17H,6-7H2,1H3. The number of aromatic nitrogens is 2. The van der Waals surface area contributed by atoms with E-state index in [2.05, 4.69) is 15.5 Å². The van der Waals surface area contributed by atoms with Gasteiger partial charge in [-0.05, 0) is 24.6 Å². The van der Waals surface area contributed by atoms with Crippen molar-refractivity contribution in [3.05, 3.63) is 47.6 Å². The monoisotopic (exact) mass is 285 g/mol. The summed E-state index contributed by atoms with van der Waals surface area (Å²) in [5, 5.41) is 6.68. The molecule has 1 aromatic carbocycles. The molecule has 4 nitrogen and oxygen atoms in total. The molecule has 2 rings (SSSR count). The average molecular weight is 285 g/mol. The van der Waals surface area contributed by atoms with Crippen molar-refractivity contribution in [1.82, 2.24) is 15.5 Å². The van der Waals surface area contributed by atoms with E-state index >= 15 is 0 Å². The summed E-state index contributed by atoms with van der Waals surface area (Å²) in [6.45, 7) is 2.49. The zero-order valence-electron chi connectivity index (χ0n) is 10.8. The highest BCUT2D eigenvalue weighted by atomic mass is 19.4. The first-order valence-electron chi connectivity index (χ1n) is 6.13. The number of hydrogen-bond donors (Lipinski definition) is 1. The number of benzene rings is 1. The second-order valence-corrected chi connectivity index (χ2v) is 4.38. The Kier molecular flexibility index (Phi) is 4.39. The van der Waals surface area contributed by atoms with E-state index in [9.17, 15) is 13.2 Å². The molecule has 0 spiro atoms. The molecule has 1 atom stereocenters. The highest BCUT2D eigenvalue weighted by Gasteiger charge is 2.30. The largest absolute Gasteiger partial charge is 0.416 e. The third kappa shape index (κ3) is 3.80. The van der Waals surface area contributed by atoms with Crippen LogP contribution in [0, 0.1) is 0 Å². The van der Waals surface area contributed by atoms with E-state index in [1.807, 2.05) is 6.92 Å². The number of nitrogens with zero attached hydrogens (tertiary/aromatic N) is 2. The van der Waals surface area contributed by atoms with Gasteiger partial charge in [0.05, 0.1) is 5.56 Å². The van der Waals surface area contributed by atoms with Crippen molar-refractivity contribution in [2.45, 2.75) is 25.6 Å². The molecule has 1 unspecified atom stereocenters. The van der Waals surface area contributed by atoms with E-state index in [0.717, 1.165) is 17.7 Å². The van der Waals surface area contributed by atoms with Gasteiger partial charge < -0.3 is 9.84 Å². The van der Waals surface area contributed by atoms with Crippen molar-refractivity contribution in [2.75, 3.05) is 6.54 Å². The molecule has 0 radical (unpaired) electrons. The summed E-state index contributed by atoms with van der Waals surface area (Å²) < 4.78 is 42.2. The van der Waals surface area contributed by atoms with Crippen molar-refractivity contribution >= 4 is 0 Å². The SMILES string of the molecule is CC(NCCc1ncno1)c1ccc(C(F)(F)F)cc1. The molecule has 0 bridgehead atoms. The molecular formula is C13H14F3N3O. The Morgan fingerprint density at radius 2 is 1.95 bits per heavy atom. The van der Waals surface area contributed by atoms with Crippen LogP contribution in [0.4, 0.5) is 13.2 Å². The number of alkyl halides is 3. The average Bonchev–Trinajstić information content (AvgIpc) is 2.91. The van der Waals surface area contributed by atoms with Gasteiger partial charge in [0.2, 0.25) is 5.89 Å². The summed E-state index contributed by atoms with van der Waals surface area (Å²) in [6, 6.07) is 5.08. The van der Waals surface area contributed by atoms with Crippen LogP contribution in [0.2, 0.25) is 0 Å². The Morgan fingerprint density at radius 3 is 2.50 bits per heavy atom. The van der Waals surface area contributed by atoms with Gasteiger partial charge in [0.1, 0.15) is 0 Å². The van der Waals surface area contributed by atoms with Crippen LogP contribution in [0.15, 0.2) is 35.1 Å². The van der Waals surface area contributed by atoms with Gasteiger partial charge in [-0.1, -0.05) is 17.3 Å². The second kappa shape index (κ2) is 6.04. The zero-order chi connectivity index (χ0) is 14.6. The van der Waals surface area contributed by atoms with Gasteiger partial charge >= 0.3 is 6.18 Å². The Labute approximate surface area is 114 Å². The Hall–Kier alpha value is -1.89. The van der Waals surface area contributed by atoms with E-state index in [1.54, 1.807) is 0 Å². The third-order valence-corrected chi connectivity index (χ3v) is 2.93. The van der Waals surface area contributed by atoms with Crippen molar-refractivity contribution in [3.63, 3.8) is 0 Å². The summed E-state index contributed by atoms with van der Waals surface area (Å²) in [7, 11) is 0. The summed E-state index contributed by atoms with van der Waals surface area (Å²) in [5.74, 6) is 0.525. The summed E-state index contributed by atoms with van der Waals surface area (Å²) in [4.78, 5) is 3.88. The highest BCUT2D eigenvalue weighted by molar-refractivity contribution is 5.26. The first kappa shape index (κ1) is 14.5. The first-order chi connectivity index (χ1) is 9.47. The Bertz CT molecular complexity index is 523. The van der Waals surface area contributed by atoms with Crippen LogP contribution in [0.5, 0.6) is 0 Å². The van der Waals surface area contributed by atoms with Gasteiger partial charge in [0, 0.05) is 19.0 Å². The number of rotatable bonds is 5. The van der Waals surface area contributed by atoms with Gasteiger partial charge in [-0.15, -0.1) is 0 Å². The molecule has 0 aliphatic rings. The van der Waals surface area contributed by atoms with Crippen molar-refractivity contribution in [2.24, 2.45) is 0 Å². The van der Waals surface area contributed by atoms with Crippen LogP contribution >= 0.6 is 0 Å². The molecule has 1 aromatic heterocycles. The Balaban J connectivity index is 1.87. The molecule has 0 saturated heterocycles. The van der Waals surface area contributed by atoms with Gasteiger partial charge in [0.25, 0.3) is 0 Å². The van der Waals surface area contributed by atoms with Crippen LogP contribution in [0.3, 0.4) is 0 Å². The topological polar surface area (TPSA) is 51.0 Å². The molecule has 0 amide bonds. The predicted molar refractivity (Wildman–Crippen MR) is 65.9 cm³/mol. The van der Waals surface area contributed by atoms with Crippen LogP contribution < -0.4 is 5.32 Å². The molecule has 7 heteroatoms.